The lowest BCUT2D eigenvalue weighted by Crippen LogP contribution is -2.01. The smallest absolute Gasteiger partial charge is 0.188 e. The van der Waals surface area contributed by atoms with Crippen molar-refractivity contribution in [2.75, 3.05) is 19.0 Å². The molecule has 1 rings (SSSR count). The SMILES string of the molecule is C#CCCCCCCOc1cccc(NC)c1F. The first-order chi connectivity index (χ1) is 8.79. The number of anilines is 1. The molecule has 0 fully saturated rings. The Labute approximate surface area is 109 Å². The second kappa shape index (κ2) is 8.41. The molecule has 2 nitrogen and oxygen atoms in total. The molecule has 0 aliphatic rings. The van der Waals surface area contributed by atoms with Gasteiger partial charge in [-0.2, -0.15) is 0 Å². The monoisotopic (exact) mass is 249 g/mol. The maximum atomic E-state index is 13.7. The van der Waals surface area contributed by atoms with E-state index in [-0.39, 0.29) is 5.82 Å². The third-order valence-corrected chi connectivity index (χ3v) is 2.71. The summed E-state index contributed by atoms with van der Waals surface area (Å²) >= 11 is 0. The van der Waals surface area contributed by atoms with Gasteiger partial charge in [-0.3, -0.25) is 0 Å². The number of hydrogen-bond acceptors (Lipinski definition) is 2. The molecule has 1 N–H and O–H groups in total. The van der Waals surface area contributed by atoms with E-state index in [4.69, 9.17) is 11.2 Å². The zero-order valence-corrected chi connectivity index (χ0v) is 10.8. The molecule has 1 aromatic rings. The molecule has 0 bridgehead atoms. The van der Waals surface area contributed by atoms with Crippen LogP contribution in [0.3, 0.4) is 0 Å². The summed E-state index contributed by atoms with van der Waals surface area (Å²) in [6, 6.07) is 5.10. The Morgan fingerprint density at radius 1 is 1.28 bits per heavy atom. The minimum absolute atomic E-state index is 0.311. The number of hydrogen-bond donors (Lipinski definition) is 1. The maximum Gasteiger partial charge on any atom is 0.188 e. The highest BCUT2D eigenvalue weighted by Gasteiger charge is 2.07. The Morgan fingerprint density at radius 2 is 2.06 bits per heavy atom. The normalized spacial score (nSPS) is 9.83. The second-order valence-electron chi connectivity index (χ2n) is 4.08. The summed E-state index contributed by atoms with van der Waals surface area (Å²) in [7, 11) is 1.69. The molecule has 98 valence electrons. The first kappa shape index (κ1) is 14.4. The van der Waals surface area contributed by atoms with E-state index < -0.39 is 0 Å². The first-order valence-corrected chi connectivity index (χ1v) is 6.32. The van der Waals surface area contributed by atoms with Crippen molar-refractivity contribution in [3.05, 3.63) is 24.0 Å². The van der Waals surface area contributed by atoms with Crippen molar-refractivity contribution in [2.45, 2.75) is 32.1 Å². The Morgan fingerprint density at radius 3 is 2.78 bits per heavy atom. The highest BCUT2D eigenvalue weighted by molar-refractivity contribution is 5.49. The Bertz CT molecular complexity index is 398. The van der Waals surface area contributed by atoms with Crippen LogP contribution in [0.4, 0.5) is 10.1 Å². The second-order valence-corrected chi connectivity index (χ2v) is 4.08. The van der Waals surface area contributed by atoms with E-state index in [1.807, 2.05) is 0 Å². The van der Waals surface area contributed by atoms with Gasteiger partial charge in [-0.15, -0.1) is 12.3 Å². The minimum atomic E-state index is -0.327. The maximum absolute atomic E-state index is 13.7. The van der Waals surface area contributed by atoms with Crippen LogP contribution in [0.25, 0.3) is 0 Å². The van der Waals surface area contributed by atoms with Gasteiger partial charge in [-0.25, -0.2) is 4.39 Å². The van der Waals surface area contributed by atoms with Crippen molar-refractivity contribution < 1.29 is 9.13 Å². The van der Waals surface area contributed by atoms with Crippen LogP contribution in [0.1, 0.15) is 32.1 Å². The topological polar surface area (TPSA) is 21.3 Å². The van der Waals surface area contributed by atoms with Crippen molar-refractivity contribution >= 4 is 5.69 Å². The van der Waals surface area contributed by atoms with Crippen LogP contribution in [0, 0.1) is 18.2 Å². The van der Waals surface area contributed by atoms with E-state index in [1.165, 1.54) is 0 Å². The molecule has 0 aromatic heterocycles. The average Bonchev–Trinajstić information content (AvgIpc) is 2.39. The molecular formula is C15H20FNO. The summed E-state index contributed by atoms with van der Waals surface area (Å²) in [6.07, 6.45) is 10.1. The van der Waals surface area contributed by atoms with Gasteiger partial charge in [0.05, 0.1) is 12.3 Å². The first-order valence-electron chi connectivity index (χ1n) is 6.32. The molecule has 0 atom stereocenters. The number of rotatable bonds is 8. The van der Waals surface area contributed by atoms with Gasteiger partial charge in [0.25, 0.3) is 0 Å². The highest BCUT2D eigenvalue weighted by atomic mass is 19.1. The average molecular weight is 249 g/mol. The summed E-state index contributed by atoms with van der Waals surface area (Å²) in [6.45, 7) is 0.542. The lowest BCUT2D eigenvalue weighted by Gasteiger charge is -2.09. The summed E-state index contributed by atoms with van der Waals surface area (Å²) in [4.78, 5) is 0. The summed E-state index contributed by atoms with van der Waals surface area (Å²) in [5.41, 5.74) is 0.460. The summed E-state index contributed by atoms with van der Waals surface area (Å²) in [5.74, 6) is 2.60. The lowest BCUT2D eigenvalue weighted by atomic mass is 10.1. The van der Waals surface area contributed by atoms with Crippen molar-refractivity contribution in [3.8, 4) is 18.1 Å². The van der Waals surface area contributed by atoms with Crippen LogP contribution < -0.4 is 10.1 Å². The van der Waals surface area contributed by atoms with Crippen LogP contribution in [0.15, 0.2) is 18.2 Å². The lowest BCUT2D eigenvalue weighted by molar-refractivity contribution is 0.291. The molecule has 3 heteroatoms. The zero-order valence-electron chi connectivity index (χ0n) is 10.8. The van der Waals surface area contributed by atoms with Gasteiger partial charge in [0, 0.05) is 13.5 Å². The highest BCUT2D eigenvalue weighted by Crippen LogP contribution is 2.24. The van der Waals surface area contributed by atoms with Crippen molar-refractivity contribution in [1.82, 2.24) is 0 Å². The van der Waals surface area contributed by atoms with Crippen molar-refractivity contribution in [2.24, 2.45) is 0 Å². The Balaban J connectivity index is 2.25. The zero-order chi connectivity index (χ0) is 13.2. The predicted octanol–water partition coefficient (Wildman–Crippen LogP) is 3.83. The molecule has 0 unspecified atom stereocenters. The van der Waals surface area contributed by atoms with Crippen LogP contribution in [-0.2, 0) is 0 Å². The van der Waals surface area contributed by atoms with Crippen molar-refractivity contribution in [1.29, 1.82) is 0 Å². The van der Waals surface area contributed by atoms with Gasteiger partial charge in [0.15, 0.2) is 11.6 Å². The molecule has 0 heterocycles. The largest absolute Gasteiger partial charge is 0.490 e. The van der Waals surface area contributed by atoms with Gasteiger partial charge in [-0.05, 0) is 25.0 Å². The van der Waals surface area contributed by atoms with Crippen LogP contribution >= 0.6 is 0 Å². The van der Waals surface area contributed by atoms with Crippen LogP contribution in [0.2, 0.25) is 0 Å². The molecule has 18 heavy (non-hydrogen) atoms. The number of terminal acetylenes is 1. The number of nitrogens with one attached hydrogen (secondary N) is 1. The Hall–Kier alpha value is -1.69. The molecule has 0 spiro atoms. The molecule has 1 aromatic carbocycles. The standard InChI is InChI=1S/C15H20FNO/c1-3-4-5-6-7-8-12-18-14-11-9-10-13(17-2)15(14)16/h1,9-11,17H,4-8,12H2,2H3. The Kier molecular flexibility index (Phi) is 6.71. The van der Waals surface area contributed by atoms with Gasteiger partial charge in [0.1, 0.15) is 0 Å². The van der Waals surface area contributed by atoms with Crippen LogP contribution in [-0.4, -0.2) is 13.7 Å². The number of ether oxygens (including phenoxy) is 1. The molecule has 0 saturated carbocycles. The molecule has 0 aliphatic carbocycles. The minimum Gasteiger partial charge on any atom is -0.490 e. The quantitative estimate of drug-likeness (QED) is 0.558. The van der Waals surface area contributed by atoms with E-state index in [2.05, 4.69) is 11.2 Å². The fourth-order valence-electron chi connectivity index (χ4n) is 1.68. The van der Waals surface area contributed by atoms with E-state index >= 15 is 0 Å². The third kappa shape index (κ3) is 4.67. The van der Waals surface area contributed by atoms with E-state index in [9.17, 15) is 4.39 Å². The molecule has 0 radical (unpaired) electrons. The predicted molar refractivity (Wildman–Crippen MR) is 73.4 cm³/mol. The van der Waals surface area contributed by atoms with Crippen molar-refractivity contribution in [3.63, 3.8) is 0 Å². The summed E-state index contributed by atoms with van der Waals surface area (Å²) < 4.78 is 19.2. The fourth-order valence-corrected chi connectivity index (χ4v) is 1.68. The van der Waals surface area contributed by atoms with Gasteiger partial charge in [0.2, 0.25) is 0 Å². The molecule has 0 amide bonds. The van der Waals surface area contributed by atoms with Crippen LogP contribution in [0.5, 0.6) is 5.75 Å². The van der Waals surface area contributed by atoms with Gasteiger partial charge >= 0.3 is 0 Å². The number of unbranched alkanes of at least 4 members (excludes halogenated alkanes) is 4. The van der Waals surface area contributed by atoms with E-state index in [0.29, 0.717) is 18.0 Å². The van der Waals surface area contributed by atoms with Gasteiger partial charge in [-0.1, -0.05) is 18.9 Å². The molecular weight excluding hydrogens is 229 g/mol. The third-order valence-electron chi connectivity index (χ3n) is 2.71. The van der Waals surface area contributed by atoms with Gasteiger partial charge < -0.3 is 10.1 Å². The van der Waals surface area contributed by atoms with E-state index in [1.54, 1.807) is 25.2 Å². The van der Waals surface area contributed by atoms with E-state index in [0.717, 1.165) is 32.1 Å². The molecule has 0 aliphatic heterocycles. The summed E-state index contributed by atoms with van der Waals surface area (Å²) in [5, 5.41) is 2.79. The fraction of sp³-hybridized carbons (Fsp3) is 0.467. The number of halogens is 1. The number of benzene rings is 1. The molecule has 0 saturated heterocycles.